The van der Waals surface area contributed by atoms with E-state index < -0.39 is 38.5 Å². The average molecular weight is 690 g/mol. The molecule has 14 heteroatoms. The number of ether oxygens (including phenoxy) is 1. The molecule has 0 aliphatic carbocycles. The molecule has 1 heterocycles. The molecule has 0 aromatic heterocycles. The first-order chi connectivity index (χ1) is 23.1. The van der Waals surface area contributed by atoms with Crippen molar-refractivity contribution in [3.63, 3.8) is 0 Å². The lowest BCUT2D eigenvalue weighted by atomic mass is 10.1. The van der Waals surface area contributed by atoms with Crippen molar-refractivity contribution >= 4 is 38.1 Å². The Balaban J connectivity index is 1.20. The summed E-state index contributed by atoms with van der Waals surface area (Å²) in [7, 11) is -8.14. The first kappa shape index (κ1) is 34.4. The summed E-state index contributed by atoms with van der Waals surface area (Å²) in [6.07, 6.45) is 2.07. The van der Waals surface area contributed by atoms with Crippen molar-refractivity contribution in [2.75, 3.05) is 32.8 Å². The molecule has 48 heavy (non-hydrogen) atoms. The summed E-state index contributed by atoms with van der Waals surface area (Å²) in [6, 6.07) is 30.4. The van der Waals surface area contributed by atoms with Crippen LogP contribution in [0.15, 0.2) is 130 Å². The van der Waals surface area contributed by atoms with Gasteiger partial charge in [0, 0.05) is 26.2 Å². The van der Waals surface area contributed by atoms with Gasteiger partial charge >= 0.3 is 0 Å². The Morgan fingerprint density at radius 3 is 1.98 bits per heavy atom. The van der Waals surface area contributed by atoms with Gasteiger partial charge in [0.1, 0.15) is 11.8 Å². The lowest BCUT2D eigenvalue weighted by Gasteiger charge is -2.38. The van der Waals surface area contributed by atoms with Crippen molar-refractivity contribution in [2.45, 2.75) is 22.3 Å². The Kier molecular flexibility index (Phi) is 11.3. The van der Waals surface area contributed by atoms with Gasteiger partial charge in [0.15, 0.2) is 6.61 Å². The van der Waals surface area contributed by atoms with Gasteiger partial charge in [-0.25, -0.2) is 22.3 Å². The number of carbonyl (C=O) groups excluding carboxylic acids is 2. The molecule has 4 aromatic rings. The van der Waals surface area contributed by atoms with Crippen LogP contribution >= 0.6 is 0 Å². The summed E-state index contributed by atoms with van der Waals surface area (Å²) < 4.78 is 61.5. The number of piperazine rings is 1. The highest BCUT2D eigenvalue weighted by atomic mass is 32.2. The van der Waals surface area contributed by atoms with E-state index in [2.05, 4.69) is 15.8 Å². The summed E-state index contributed by atoms with van der Waals surface area (Å²) in [5.74, 6) is -0.588. The number of hydrogen-bond acceptors (Lipinski definition) is 8. The first-order valence-corrected chi connectivity index (χ1v) is 18.0. The summed E-state index contributed by atoms with van der Waals surface area (Å²) in [6.45, 7) is -0.446. The molecule has 4 aromatic carbocycles. The molecule has 0 saturated carbocycles. The SMILES string of the molecule is O=C(COc1ccc(/C=N\NC(=O)[C@H]2CN(S(=O)(=O)c3ccccc3)CCN2S(=O)(=O)c2ccccc2)cc1)NCCc1ccccc1. The number of nitrogens with one attached hydrogen (secondary N) is 2. The van der Waals surface area contributed by atoms with E-state index in [1.165, 1.54) is 30.5 Å². The first-order valence-electron chi connectivity index (χ1n) is 15.1. The van der Waals surface area contributed by atoms with Crippen molar-refractivity contribution in [3.05, 3.63) is 126 Å². The molecule has 1 aliphatic heterocycles. The molecule has 1 fully saturated rings. The molecular formula is C34H35N5O7S2. The number of benzene rings is 4. The second kappa shape index (κ2) is 15.8. The Bertz CT molecular complexity index is 1930. The summed E-state index contributed by atoms with van der Waals surface area (Å²) in [5, 5.41) is 6.81. The predicted molar refractivity (Wildman–Crippen MR) is 180 cm³/mol. The molecule has 1 atom stereocenters. The van der Waals surface area contributed by atoms with E-state index >= 15 is 0 Å². The van der Waals surface area contributed by atoms with E-state index in [4.69, 9.17) is 4.74 Å². The van der Waals surface area contributed by atoms with Gasteiger partial charge in [-0.1, -0.05) is 66.7 Å². The van der Waals surface area contributed by atoms with Crippen LogP contribution in [0.2, 0.25) is 0 Å². The van der Waals surface area contributed by atoms with Crippen molar-refractivity contribution in [1.82, 2.24) is 19.4 Å². The number of rotatable bonds is 13. The molecule has 5 rings (SSSR count). The predicted octanol–water partition coefficient (Wildman–Crippen LogP) is 2.64. The van der Waals surface area contributed by atoms with E-state index in [9.17, 15) is 26.4 Å². The van der Waals surface area contributed by atoms with Crippen molar-refractivity contribution in [2.24, 2.45) is 5.10 Å². The van der Waals surface area contributed by atoms with Crippen LogP contribution in [0, 0.1) is 0 Å². The quantitative estimate of drug-likeness (QED) is 0.162. The fourth-order valence-corrected chi connectivity index (χ4v) is 8.07. The van der Waals surface area contributed by atoms with E-state index in [1.54, 1.807) is 60.7 Å². The summed E-state index contributed by atoms with van der Waals surface area (Å²) >= 11 is 0. The standard InChI is InChI=1S/C34H35N5O7S2/c40-33(35-21-20-27-10-4-1-5-11-27)26-46-29-18-16-28(17-19-29)24-36-37-34(41)32-25-38(47(42,43)30-12-6-2-7-13-30)22-23-39(32)48(44,45)31-14-8-3-9-15-31/h1-19,24,32H,20-23,25-26H2,(H,35,40)(H,37,41)/b36-24-/t32-/m1/s1. The van der Waals surface area contributed by atoms with Crippen LogP contribution < -0.4 is 15.5 Å². The molecular weight excluding hydrogens is 655 g/mol. The number of carbonyl (C=O) groups is 2. The van der Waals surface area contributed by atoms with Crippen molar-refractivity contribution in [3.8, 4) is 5.75 Å². The van der Waals surface area contributed by atoms with E-state index in [-0.39, 0.29) is 35.4 Å². The molecule has 1 saturated heterocycles. The fraction of sp³-hybridized carbons (Fsp3) is 0.206. The smallest absolute Gasteiger partial charge is 0.259 e. The zero-order chi connectivity index (χ0) is 34.0. The Morgan fingerprint density at radius 1 is 0.771 bits per heavy atom. The monoisotopic (exact) mass is 689 g/mol. The highest BCUT2D eigenvalue weighted by Crippen LogP contribution is 2.25. The van der Waals surface area contributed by atoms with Gasteiger partial charge in [0.25, 0.3) is 11.8 Å². The molecule has 1 aliphatic rings. The zero-order valence-electron chi connectivity index (χ0n) is 25.9. The highest BCUT2D eigenvalue weighted by Gasteiger charge is 2.43. The molecule has 250 valence electrons. The maximum atomic E-state index is 13.6. The Labute approximate surface area is 280 Å². The molecule has 12 nitrogen and oxygen atoms in total. The second-order valence-electron chi connectivity index (χ2n) is 10.8. The van der Waals surface area contributed by atoms with Gasteiger partial charge in [-0.05, 0) is 66.1 Å². The van der Waals surface area contributed by atoms with Gasteiger partial charge in [-0.15, -0.1) is 0 Å². The Morgan fingerprint density at radius 2 is 1.35 bits per heavy atom. The molecule has 0 unspecified atom stereocenters. The minimum absolute atomic E-state index is 0.0161. The average Bonchev–Trinajstić information content (AvgIpc) is 3.12. The molecule has 0 bridgehead atoms. The van der Waals surface area contributed by atoms with Crippen LogP contribution in [0.25, 0.3) is 0 Å². The largest absolute Gasteiger partial charge is 0.484 e. The number of hydrogen-bond donors (Lipinski definition) is 2. The summed E-state index contributed by atoms with van der Waals surface area (Å²) in [4.78, 5) is 25.6. The van der Waals surface area contributed by atoms with Crippen LogP contribution in [0.5, 0.6) is 5.75 Å². The molecule has 2 amide bonds. The lowest BCUT2D eigenvalue weighted by molar-refractivity contribution is -0.126. The van der Waals surface area contributed by atoms with E-state index in [1.807, 2.05) is 30.3 Å². The minimum atomic E-state index is -4.14. The topological polar surface area (TPSA) is 155 Å². The number of sulfonamides is 2. The van der Waals surface area contributed by atoms with Crippen LogP contribution in [0.3, 0.4) is 0 Å². The normalized spacial score (nSPS) is 16.0. The third-order valence-electron chi connectivity index (χ3n) is 7.54. The van der Waals surface area contributed by atoms with Crippen LogP contribution in [-0.2, 0) is 36.1 Å². The van der Waals surface area contributed by atoms with Crippen molar-refractivity contribution in [1.29, 1.82) is 0 Å². The summed E-state index contributed by atoms with van der Waals surface area (Å²) in [5.41, 5.74) is 4.08. The van der Waals surface area contributed by atoms with Crippen LogP contribution in [0.1, 0.15) is 11.1 Å². The lowest BCUT2D eigenvalue weighted by Crippen LogP contribution is -2.60. The van der Waals surface area contributed by atoms with Crippen LogP contribution in [0.4, 0.5) is 0 Å². The van der Waals surface area contributed by atoms with Gasteiger partial charge in [-0.2, -0.15) is 13.7 Å². The highest BCUT2D eigenvalue weighted by molar-refractivity contribution is 7.89. The van der Waals surface area contributed by atoms with Gasteiger partial charge < -0.3 is 10.1 Å². The van der Waals surface area contributed by atoms with E-state index in [0.717, 1.165) is 14.2 Å². The fourth-order valence-electron chi connectivity index (χ4n) is 5.02. The maximum absolute atomic E-state index is 13.6. The minimum Gasteiger partial charge on any atom is -0.484 e. The van der Waals surface area contributed by atoms with Crippen molar-refractivity contribution < 1.29 is 31.2 Å². The third kappa shape index (κ3) is 8.72. The van der Waals surface area contributed by atoms with Gasteiger partial charge in [0.05, 0.1) is 16.0 Å². The van der Waals surface area contributed by atoms with Gasteiger partial charge in [0.2, 0.25) is 20.0 Å². The zero-order valence-corrected chi connectivity index (χ0v) is 27.5. The molecule has 0 spiro atoms. The maximum Gasteiger partial charge on any atom is 0.259 e. The number of nitrogens with zero attached hydrogens (tertiary/aromatic N) is 3. The molecule has 0 radical (unpaired) electrons. The van der Waals surface area contributed by atoms with Crippen LogP contribution in [-0.4, -0.2) is 82.3 Å². The van der Waals surface area contributed by atoms with Gasteiger partial charge in [-0.3, -0.25) is 9.59 Å². The third-order valence-corrected chi connectivity index (χ3v) is 11.3. The second-order valence-corrected chi connectivity index (χ2v) is 14.6. The Hall–Kier alpha value is -4.89. The number of hydrazone groups is 1. The van der Waals surface area contributed by atoms with E-state index in [0.29, 0.717) is 24.3 Å². The number of amides is 2. The molecule has 2 N–H and O–H groups in total.